The van der Waals surface area contributed by atoms with Gasteiger partial charge in [0.15, 0.2) is 150 Å². The lowest BCUT2D eigenvalue weighted by atomic mass is 9.97. The Kier molecular flexibility index (Phi) is 25.2. The highest BCUT2D eigenvalue weighted by Gasteiger charge is 2.53. The number of rotatable bonds is 21. The maximum absolute atomic E-state index is 14.5. The van der Waals surface area contributed by atoms with Gasteiger partial charge in [0.1, 0.15) is 30.3 Å². The van der Waals surface area contributed by atoms with Gasteiger partial charge in [0, 0.05) is 18.7 Å². The van der Waals surface area contributed by atoms with E-state index >= 15 is 0 Å². The maximum atomic E-state index is 14.5. The first-order valence-corrected chi connectivity index (χ1v) is 33.7. The van der Waals surface area contributed by atoms with Gasteiger partial charge in [0.05, 0.1) is 50.1 Å². The number of Topliss-reactive ketones (excluding diaryl/α,β-unsaturated/α-hetero) is 1. The molecule has 1 fully saturated rings. The number of carbonyl (C=O) groups is 10. The lowest BCUT2D eigenvalue weighted by Gasteiger charge is -2.43. The summed E-state index contributed by atoms with van der Waals surface area (Å²) in [6.45, 7) is -0.127. The van der Waals surface area contributed by atoms with Crippen molar-refractivity contribution in [3.05, 3.63) is 183 Å². The number of esters is 9. The molecule has 10 aromatic rings. The van der Waals surface area contributed by atoms with Crippen LogP contribution in [0.2, 0.25) is 0 Å². The Hall–Kier alpha value is -17.8. The van der Waals surface area contributed by atoms with Crippen molar-refractivity contribution in [2.75, 3.05) is 13.7 Å². The molecule has 640 valence electrons. The van der Waals surface area contributed by atoms with E-state index in [1.54, 1.807) is 0 Å². The van der Waals surface area contributed by atoms with E-state index in [1.165, 1.54) is 6.92 Å². The van der Waals surface area contributed by atoms with Gasteiger partial charge in [-0.15, -0.1) is 0 Å². The summed E-state index contributed by atoms with van der Waals surface area (Å²) in [7, 11) is 0.808. The Morgan fingerprint density at radius 2 is 0.504 bits per heavy atom. The summed E-state index contributed by atoms with van der Waals surface area (Å²) in [4.78, 5) is 134. The van der Waals surface area contributed by atoms with Gasteiger partial charge >= 0.3 is 53.7 Å². The van der Waals surface area contributed by atoms with Crippen LogP contribution in [0.5, 0.6) is 167 Å². The molecule has 0 spiro atoms. The highest BCUT2D eigenvalue weighted by atomic mass is 16.7. The van der Waals surface area contributed by atoms with E-state index in [-0.39, 0.29) is 11.1 Å². The van der Waals surface area contributed by atoms with Crippen molar-refractivity contribution in [3.8, 4) is 167 Å². The summed E-state index contributed by atoms with van der Waals surface area (Å²) in [6, 6.07) is 14.0. The number of phenolic OH excluding ortho intramolecular Hbond substituents is 24. The van der Waals surface area contributed by atoms with Crippen molar-refractivity contribution in [2.24, 2.45) is 0 Å². The second-order valence-corrected chi connectivity index (χ2v) is 25.4. The molecule has 24 N–H and O–H groups in total. The lowest BCUT2D eigenvalue weighted by Crippen LogP contribution is -2.62. The van der Waals surface area contributed by atoms with E-state index in [9.17, 15) is 171 Å². The molecule has 45 heteroatoms. The molecule has 0 amide bonds. The predicted molar refractivity (Wildman–Crippen MR) is 393 cm³/mol. The molecule has 1 aliphatic heterocycles. The van der Waals surface area contributed by atoms with Crippen molar-refractivity contribution in [3.63, 3.8) is 0 Å². The molecule has 1 saturated heterocycles. The number of carbonyl (C=O) groups excluding carboxylic acids is 10. The fourth-order valence-corrected chi connectivity index (χ4v) is 10.9. The molecule has 0 aliphatic carbocycles. The summed E-state index contributed by atoms with van der Waals surface area (Å²) in [5, 5.41) is 242. The van der Waals surface area contributed by atoms with E-state index in [4.69, 9.17) is 52.1 Å². The smallest absolute Gasteiger partial charge is 0.343 e. The quantitative estimate of drug-likeness (QED) is 0.0133. The van der Waals surface area contributed by atoms with Gasteiger partial charge < -0.3 is 175 Å². The first kappa shape index (κ1) is 87.6. The van der Waals surface area contributed by atoms with Crippen LogP contribution < -0.4 is 23.7 Å². The number of methoxy groups -OCH3 is 1. The van der Waals surface area contributed by atoms with Gasteiger partial charge in [-0.25, -0.2) is 43.2 Å². The van der Waals surface area contributed by atoms with Crippen LogP contribution >= 0.6 is 0 Å². The number of hydrogen-bond donors (Lipinski definition) is 24. The summed E-state index contributed by atoms with van der Waals surface area (Å²) in [5.74, 6) is -43.0. The maximum Gasteiger partial charge on any atom is 0.343 e. The molecule has 0 radical (unpaired) electrons. The zero-order chi connectivity index (χ0) is 90.5. The number of ketones is 1. The second kappa shape index (κ2) is 35.4. The highest BCUT2D eigenvalue weighted by Crippen LogP contribution is 2.47. The standard InChI is InChI=1S/C63H46O37.C15H12O8/c1-91-53-52(98-61(89)26-13-39(74)50(81)42(16-26)95-58(86)23-8-34(69)47(78)35(70)9-23)44(19-92-55(83)25-12-38(73)49(80)41(15-25)94-57(85)22-6-32(67)46(77)33(68)7-22)97-63(100-62(90)27-14-40(75)51(82)43(17-27)96-59(87)24-10-36(71)48(79)37(72)11-24)54(53)99-60(88)20-2-28(64)18-29(3-20)93-56(84)21-4-30(65)45(76)31(66)5-21;1-6(16)7-2-11(19)14(21)12(5-7)23-15(22)8-3-9(17)13(20)10(18)4-8/h2-18,44,52-54,63-82H,19H2,1H3;2-5,17-21H,1H3. The molecule has 0 bridgehead atoms. The first-order valence-electron chi connectivity index (χ1n) is 33.7. The number of benzene rings is 10. The molecule has 5 unspecified atom stereocenters. The van der Waals surface area contributed by atoms with Gasteiger partial charge in [0.25, 0.3) is 0 Å². The van der Waals surface area contributed by atoms with E-state index in [0.29, 0.717) is 91.0 Å². The Morgan fingerprint density at radius 1 is 0.260 bits per heavy atom. The molecule has 11 rings (SSSR count). The van der Waals surface area contributed by atoms with Crippen LogP contribution in [0.1, 0.15) is 111 Å². The second-order valence-electron chi connectivity index (χ2n) is 25.4. The SMILES string of the molecule is CC(=O)c1cc(O)c(O)c(OC(=O)c2cc(O)c(O)c(O)c2)c1.COC1C(OC(=O)c2cc(O)c(O)c(OC(=O)c3cc(O)c(O)c(O)c3)c2)C(COC(=O)c2cc(O)c(O)c(OC(=O)c3cc(O)c(O)c(O)c3)c2)OC(OC(=O)c2cc(O)c(O)c(OC(=O)c3cc(O)c(O)c(O)c3)c2)C1OC(=O)c1cc(O)cc(OC(=O)c2cc(O)c(O)c(O)c2)c1. The average molecular weight is 1720 g/mol. The largest absolute Gasteiger partial charge is 0.508 e. The lowest BCUT2D eigenvalue weighted by molar-refractivity contribution is -0.287. The van der Waals surface area contributed by atoms with E-state index in [2.05, 4.69) is 0 Å². The van der Waals surface area contributed by atoms with Crippen LogP contribution in [0, 0.1) is 0 Å². The summed E-state index contributed by atoms with van der Waals surface area (Å²) < 4.78 is 59.8. The van der Waals surface area contributed by atoms with Crippen LogP contribution in [0.25, 0.3) is 0 Å². The molecule has 10 aromatic carbocycles. The zero-order valence-corrected chi connectivity index (χ0v) is 61.5. The van der Waals surface area contributed by atoms with Crippen molar-refractivity contribution < 1.29 is 223 Å². The normalized spacial score (nSPS) is 14.5. The van der Waals surface area contributed by atoms with Crippen LogP contribution in [0.4, 0.5) is 0 Å². The van der Waals surface area contributed by atoms with Crippen LogP contribution in [0.3, 0.4) is 0 Å². The van der Waals surface area contributed by atoms with E-state index in [1.807, 2.05) is 0 Å². The summed E-state index contributed by atoms with van der Waals surface area (Å²) in [5.41, 5.74) is -6.47. The molecular formula is C78H58O45. The molecule has 45 nitrogen and oxygen atoms in total. The average Bonchev–Trinajstić information content (AvgIpc) is 0.533. The Morgan fingerprint density at radius 3 is 0.805 bits per heavy atom. The molecule has 1 aliphatic rings. The molecule has 123 heavy (non-hydrogen) atoms. The fourth-order valence-electron chi connectivity index (χ4n) is 10.9. The van der Waals surface area contributed by atoms with Gasteiger partial charge in [-0.2, -0.15) is 0 Å². The van der Waals surface area contributed by atoms with Crippen molar-refractivity contribution in [1.29, 1.82) is 0 Å². The van der Waals surface area contributed by atoms with Gasteiger partial charge in [0.2, 0.25) is 29.3 Å². The van der Waals surface area contributed by atoms with Gasteiger partial charge in [-0.3, -0.25) is 4.79 Å². The number of ether oxygens (including phenoxy) is 11. The number of hydrogen-bond acceptors (Lipinski definition) is 45. The predicted octanol–water partition coefficient (Wildman–Crippen LogP) is 5.81. The monoisotopic (exact) mass is 1710 g/mol. The van der Waals surface area contributed by atoms with Crippen LogP contribution in [-0.4, -0.2) is 226 Å². The van der Waals surface area contributed by atoms with Crippen LogP contribution in [0.15, 0.2) is 127 Å². The van der Waals surface area contributed by atoms with Crippen molar-refractivity contribution in [1.82, 2.24) is 0 Å². The minimum atomic E-state index is -2.60. The fraction of sp³-hybridized carbons (Fsp3) is 0.103. The van der Waals surface area contributed by atoms with Gasteiger partial charge in [-0.1, -0.05) is 0 Å². The number of phenols is 24. The van der Waals surface area contributed by atoms with E-state index in [0.717, 1.165) is 43.5 Å². The Balaban J connectivity index is 0.000000592. The van der Waals surface area contributed by atoms with Crippen molar-refractivity contribution in [2.45, 2.75) is 37.6 Å². The summed E-state index contributed by atoms with van der Waals surface area (Å²) >= 11 is 0. The zero-order valence-electron chi connectivity index (χ0n) is 61.5. The summed E-state index contributed by atoms with van der Waals surface area (Å²) in [6.07, 6.45) is -11.9. The molecule has 5 atom stereocenters. The highest BCUT2D eigenvalue weighted by molar-refractivity contribution is 6.00. The first-order chi connectivity index (χ1) is 57.8. The minimum absolute atomic E-state index is 0.000462. The van der Waals surface area contributed by atoms with E-state index < -0.39 is 308 Å². The molecule has 1 heterocycles. The Bertz CT molecular complexity index is 5910. The third-order valence-electron chi connectivity index (χ3n) is 17.0. The molecular weight excluding hydrogens is 1660 g/mol. The topological polar surface area (TPSA) is 758 Å². The molecule has 0 aromatic heterocycles. The third-order valence-corrected chi connectivity index (χ3v) is 17.0. The third kappa shape index (κ3) is 19.4. The number of aromatic hydroxyl groups is 24. The minimum Gasteiger partial charge on any atom is -0.508 e. The molecule has 0 saturated carbocycles. The van der Waals surface area contributed by atoms with Crippen molar-refractivity contribution >= 4 is 59.5 Å². The van der Waals surface area contributed by atoms with Gasteiger partial charge in [-0.05, 0) is 128 Å². The Labute approximate surface area is 680 Å². The van der Waals surface area contributed by atoms with Crippen LogP contribution in [-0.2, 0) is 28.4 Å².